The SMILES string of the molecule is CC(C)C[C@H](NC(=O)NC1CCCCCC1C)C(=O)O. The largest absolute Gasteiger partial charge is 0.480 e. The highest BCUT2D eigenvalue weighted by Gasteiger charge is 2.25. The molecule has 2 unspecified atom stereocenters. The standard InChI is InChI=1S/C15H28N2O3/c1-10(2)9-13(14(18)19)17-15(20)16-12-8-6-4-5-7-11(12)3/h10-13H,4-9H2,1-3H3,(H,18,19)(H2,16,17,20)/t11?,12?,13-/m0/s1. The number of carboxylic acids is 1. The van der Waals surface area contributed by atoms with E-state index in [1.807, 2.05) is 13.8 Å². The summed E-state index contributed by atoms with van der Waals surface area (Å²) in [6.07, 6.45) is 6.11. The molecule has 1 fully saturated rings. The van der Waals surface area contributed by atoms with Crippen molar-refractivity contribution in [2.75, 3.05) is 0 Å². The van der Waals surface area contributed by atoms with E-state index in [1.54, 1.807) is 0 Å². The first kappa shape index (κ1) is 16.8. The van der Waals surface area contributed by atoms with E-state index < -0.39 is 12.0 Å². The van der Waals surface area contributed by atoms with Gasteiger partial charge in [0, 0.05) is 6.04 Å². The molecule has 116 valence electrons. The lowest BCUT2D eigenvalue weighted by molar-refractivity contribution is -0.139. The van der Waals surface area contributed by atoms with E-state index in [9.17, 15) is 9.59 Å². The summed E-state index contributed by atoms with van der Waals surface area (Å²) < 4.78 is 0. The average Bonchev–Trinajstić information content (AvgIpc) is 2.53. The quantitative estimate of drug-likeness (QED) is 0.679. The van der Waals surface area contributed by atoms with E-state index in [2.05, 4.69) is 17.6 Å². The summed E-state index contributed by atoms with van der Waals surface area (Å²) in [7, 11) is 0. The van der Waals surface area contributed by atoms with E-state index in [-0.39, 0.29) is 18.0 Å². The second-order valence-corrected chi connectivity index (χ2v) is 6.36. The van der Waals surface area contributed by atoms with Gasteiger partial charge in [0.25, 0.3) is 0 Å². The molecule has 0 aliphatic heterocycles. The molecule has 3 atom stereocenters. The fourth-order valence-electron chi connectivity index (χ4n) is 2.77. The molecule has 3 N–H and O–H groups in total. The first-order valence-corrected chi connectivity index (χ1v) is 7.70. The van der Waals surface area contributed by atoms with Gasteiger partial charge in [-0.3, -0.25) is 0 Å². The van der Waals surface area contributed by atoms with Crippen LogP contribution in [0.25, 0.3) is 0 Å². The molecule has 0 spiro atoms. The zero-order valence-electron chi connectivity index (χ0n) is 12.8. The number of hydrogen-bond acceptors (Lipinski definition) is 2. The van der Waals surface area contributed by atoms with Gasteiger partial charge in [0.1, 0.15) is 6.04 Å². The van der Waals surface area contributed by atoms with Crippen LogP contribution in [0.5, 0.6) is 0 Å². The van der Waals surface area contributed by atoms with Gasteiger partial charge < -0.3 is 15.7 Å². The minimum absolute atomic E-state index is 0.158. The zero-order valence-corrected chi connectivity index (χ0v) is 12.8. The Bertz CT molecular complexity index is 331. The van der Waals surface area contributed by atoms with Crippen molar-refractivity contribution in [3.05, 3.63) is 0 Å². The Balaban J connectivity index is 2.49. The van der Waals surface area contributed by atoms with Gasteiger partial charge in [0.15, 0.2) is 0 Å². The van der Waals surface area contributed by atoms with Crippen molar-refractivity contribution in [2.24, 2.45) is 11.8 Å². The molecule has 0 aromatic heterocycles. The lowest BCUT2D eigenvalue weighted by atomic mass is 9.97. The minimum atomic E-state index is -0.970. The Kier molecular flexibility index (Phi) is 6.82. The summed E-state index contributed by atoms with van der Waals surface area (Å²) >= 11 is 0. The van der Waals surface area contributed by atoms with Gasteiger partial charge in [0.2, 0.25) is 0 Å². The van der Waals surface area contributed by atoms with E-state index in [0.29, 0.717) is 12.3 Å². The minimum Gasteiger partial charge on any atom is -0.480 e. The summed E-state index contributed by atoms with van der Waals surface area (Å²) in [5.41, 5.74) is 0. The molecule has 1 rings (SSSR count). The van der Waals surface area contributed by atoms with Crippen LogP contribution in [-0.4, -0.2) is 29.2 Å². The monoisotopic (exact) mass is 284 g/mol. The van der Waals surface area contributed by atoms with Crippen LogP contribution in [-0.2, 0) is 4.79 Å². The maximum Gasteiger partial charge on any atom is 0.326 e. The molecule has 5 heteroatoms. The topological polar surface area (TPSA) is 78.4 Å². The highest BCUT2D eigenvalue weighted by atomic mass is 16.4. The lowest BCUT2D eigenvalue weighted by Gasteiger charge is -2.24. The van der Waals surface area contributed by atoms with E-state index in [4.69, 9.17) is 5.11 Å². The third kappa shape index (κ3) is 5.80. The number of carboxylic acid groups (broad SMARTS) is 1. The van der Waals surface area contributed by atoms with Gasteiger partial charge in [-0.15, -0.1) is 0 Å². The predicted molar refractivity (Wildman–Crippen MR) is 78.6 cm³/mol. The smallest absolute Gasteiger partial charge is 0.326 e. The second-order valence-electron chi connectivity index (χ2n) is 6.36. The molecule has 0 aromatic carbocycles. The highest BCUT2D eigenvalue weighted by molar-refractivity contribution is 5.82. The number of urea groups is 1. The van der Waals surface area contributed by atoms with Crippen molar-refractivity contribution in [3.63, 3.8) is 0 Å². The maximum absolute atomic E-state index is 12.0. The molecule has 1 aliphatic rings. The summed E-state index contributed by atoms with van der Waals surface area (Å²) in [4.78, 5) is 23.1. The molecular weight excluding hydrogens is 256 g/mol. The third-order valence-corrected chi connectivity index (χ3v) is 3.99. The van der Waals surface area contributed by atoms with E-state index in [0.717, 1.165) is 19.3 Å². The Morgan fingerprint density at radius 3 is 2.45 bits per heavy atom. The first-order valence-electron chi connectivity index (χ1n) is 7.70. The van der Waals surface area contributed by atoms with Crippen molar-refractivity contribution in [1.29, 1.82) is 0 Å². The predicted octanol–water partition coefficient (Wildman–Crippen LogP) is 2.75. The van der Waals surface area contributed by atoms with Crippen LogP contribution in [0.1, 0.15) is 59.3 Å². The molecule has 5 nitrogen and oxygen atoms in total. The summed E-state index contributed by atoms with van der Waals surface area (Å²) in [5, 5.41) is 14.7. The maximum atomic E-state index is 12.0. The number of amides is 2. The number of aliphatic carboxylic acids is 1. The van der Waals surface area contributed by atoms with Gasteiger partial charge in [0.05, 0.1) is 0 Å². The van der Waals surface area contributed by atoms with Crippen LogP contribution in [0.4, 0.5) is 4.79 Å². The molecule has 0 aromatic rings. The van der Waals surface area contributed by atoms with Crippen LogP contribution in [0.2, 0.25) is 0 Å². The highest BCUT2D eigenvalue weighted by Crippen LogP contribution is 2.22. The summed E-state index contributed by atoms with van der Waals surface area (Å²) in [6, 6.07) is -1.00. The molecule has 1 aliphatic carbocycles. The van der Waals surface area contributed by atoms with Gasteiger partial charge in [-0.25, -0.2) is 9.59 Å². The molecular formula is C15H28N2O3. The number of carbonyl (C=O) groups is 2. The number of nitrogens with one attached hydrogen (secondary N) is 2. The fourth-order valence-corrected chi connectivity index (χ4v) is 2.77. The van der Waals surface area contributed by atoms with Gasteiger partial charge >= 0.3 is 12.0 Å². The van der Waals surface area contributed by atoms with E-state index in [1.165, 1.54) is 12.8 Å². The third-order valence-electron chi connectivity index (χ3n) is 3.99. The molecule has 0 bridgehead atoms. The van der Waals surface area contributed by atoms with Crippen LogP contribution in [0.15, 0.2) is 0 Å². The van der Waals surface area contributed by atoms with Crippen LogP contribution in [0, 0.1) is 11.8 Å². The van der Waals surface area contributed by atoms with Crippen LogP contribution < -0.4 is 10.6 Å². The molecule has 20 heavy (non-hydrogen) atoms. The first-order chi connectivity index (χ1) is 9.40. The molecule has 2 amide bonds. The Morgan fingerprint density at radius 1 is 1.20 bits per heavy atom. The van der Waals surface area contributed by atoms with Gasteiger partial charge in [-0.05, 0) is 31.1 Å². The van der Waals surface area contributed by atoms with Crippen molar-refractivity contribution in [2.45, 2.75) is 71.4 Å². The lowest BCUT2D eigenvalue weighted by Crippen LogP contribution is -2.50. The molecule has 0 saturated heterocycles. The van der Waals surface area contributed by atoms with Crippen molar-refractivity contribution >= 4 is 12.0 Å². The van der Waals surface area contributed by atoms with Crippen LogP contribution >= 0.6 is 0 Å². The Morgan fingerprint density at radius 2 is 1.85 bits per heavy atom. The zero-order chi connectivity index (χ0) is 15.1. The summed E-state index contributed by atoms with van der Waals surface area (Å²) in [5.74, 6) is -0.285. The van der Waals surface area contributed by atoms with Crippen molar-refractivity contribution < 1.29 is 14.7 Å². The number of rotatable bonds is 5. The van der Waals surface area contributed by atoms with Gasteiger partial charge in [-0.1, -0.05) is 40.0 Å². The van der Waals surface area contributed by atoms with Crippen molar-refractivity contribution in [1.82, 2.24) is 10.6 Å². The fraction of sp³-hybridized carbons (Fsp3) is 0.867. The molecule has 0 radical (unpaired) electrons. The van der Waals surface area contributed by atoms with Crippen LogP contribution in [0.3, 0.4) is 0 Å². The Hall–Kier alpha value is -1.26. The Labute approximate surface area is 121 Å². The second kappa shape index (κ2) is 8.12. The van der Waals surface area contributed by atoms with Gasteiger partial charge in [-0.2, -0.15) is 0 Å². The normalized spacial score (nSPS) is 24.8. The number of carbonyl (C=O) groups excluding carboxylic acids is 1. The summed E-state index contributed by atoms with van der Waals surface area (Å²) in [6.45, 7) is 6.05. The molecule has 1 saturated carbocycles. The van der Waals surface area contributed by atoms with E-state index >= 15 is 0 Å². The average molecular weight is 284 g/mol. The number of hydrogen-bond donors (Lipinski definition) is 3. The molecule has 0 heterocycles. The van der Waals surface area contributed by atoms with Crippen molar-refractivity contribution in [3.8, 4) is 0 Å².